The lowest BCUT2D eigenvalue weighted by Gasteiger charge is -2.10. The van der Waals surface area contributed by atoms with E-state index in [9.17, 15) is 4.79 Å². The largest absolute Gasteiger partial charge is 0.491 e. The Balaban J connectivity index is 2.24. The van der Waals surface area contributed by atoms with Gasteiger partial charge in [-0.05, 0) is 56.3 Å². The van der Waals surface area contributed by atoms with Crippen LogP contribution in [-0.4, -0.2) is 11.9 Å². The van der Waals surface area contributed by atoms with Crippen LogP contribution >= 0.6 is 27.5 Å². The summed E-state index contributed by atoms with van der Waals surface area (Å²) >= 11 is 9.30. The molecule has 0 radical (unpaired) electrons. The summed E-state index contributed by atoms with van der Waals surface area (Å²) in [7, 11) is 0. The van der Waals surface area contributed by atoms with Gasteiger partial charge in [0, 0.05) is 20.6 Å². The molecule has 0 aliphatic carbocycles. The molecule has 0 unspecified atom stereocenters. The van der Waals surface area contributed by atoms with Crippen LogP contribution in [0.2, 0.25) is 5.02 Å². The van der Waals surface area contributed by atoms with Crippen LogP contribution in [0, 0.1) is 0 Å². The summed E-state index contributed by atoms with van der Waals surface area (Å²) in [5.74, 6) is 0.688. The van der Waals surface area contributed by atoms with Gasteiger partial charge in [0.05, 0.1) is 6.10 Å². The highest BCUT2D eigenvalue weighted by atomic mass is 79.9. The minimum Gasteiger partial charge on any atom is -0.491 e. The van der Waals surface area contributed by atoms with Crippen molar-refractivity contribution in [3.05, 3.63) is 63.1 Å². The number of hydrogen-bond acceptors (Lipinski definition) is 2. The van der Waals surface area contributed by atoms with E-state index in [2.05, 4.69) is 15.9 Å². The Morgan fingerprint density at radius 3 is 2.30 bits per heavy atom. The summed E-state index contributed by atoms with van der Waals surface area (Å²) in [6.07, 6.45) is 0.112. The Bertz CT molecular complexity index is 601. The van der Waals surface area contributed by atoms with E-state index in [0.717, 1.165) is 10.2 Å². The maximum Gasteiger partial charge on any atom is 0.193 e. The maximum absolute atomic E-state index is 12.4. The van der Waals surface area contributed by atoms with Crippen LogP contribution in [-0.2, 0) is 0 Å². The summed E-state index contributed by atoms with van der Waals surface area (Å²) in [4.78, 5) is 12.4. The highest BCUT2D eigenvalue weighted by Crippen LogP contribution is 2.22. The molecule has 20 heavy (non-hydrogen) atoms. The van der Waals surface area contributed by atoms with E-state index in [1.807, 2.05) is 13.8 Å². The molecule has 0 spiro atoms. The van der Waals surface area contributed by atoms with Crippen LogP contribution < -0.4 is 4.74 Å². The Morgan fingerprint density at radius 2 is 1.75 bits per heavy atom. The van der Waals surface area contributed by atoms with Crippen LogP contribution in [0.5, 0.6) is 5.75 Å². The molecule has 0 saturated carbocycles. The summed E-state index contributed by atoms with van der Waals surface area (Å²) in [6.45, 7) is 3.92. The second kappa shape index (κ2) is 6.42. The van der Waals surface area contributed by atoms with Crippen molar-refractivity contribution in [1.82, 2.24) is 0 Å². The second-order valence-corrected chi connectivity index (χ2v) is 6.03. The normalized spacial score (nSPS) is 10.7. The van der Waals surface area contributed by atoms with Gasteiger partial charge in [-0.15, -0.1) is 0 Å². The van der Waals surface area contributed by atoms with E-state index in [1.54, 1.807) is 42.5 Å². The number of ether oxygens (including phenoxy) is 1. The molecule has 2 nitrogen and oxygen atoms in total. The fraction of sp³-hybridized carbons (Fsp3) is 0.188. The van der Waals surface area contributed by atoms with E-state index in [1.165, 1.54) is 0 Å². The van der Waals surface area contributed by atoms with Gasteiger partial charge < -0.3 is 4.74 Å². The van der Waals surface area contributed by atoms with Gasteiger partial charge in [0.1, 0.15) is 5.75 Å². The van der Waals surface area contributed by atoms with Crippen LogP contribution in [0.25, 0.3) is 0 Å². The monoisotopic (exact) mass is 352 g/mol. The van der Waals surface area contributed by atoms with Crippen LogP contribution in [0.4, 0.5) is 0 Å². The molecule has 0 fully saturated rings. The fourth-order valence-electron chi connectivity index (χ4n) is 1.81. The van der Waals surface area contributed by atoms with Gasteiger partial charge in [0.25, 0.3) is 0 Å². The number of ketones is 1. The smallest absolute Gasteiger partial charge is 0.193 e. The van der Waals surface area contributed by atoms with Gasteiger partial charge in [-0.2, -0.15) is 0 Å². The zero-order chi connectivity index (χ0) is 14.7. The molecule has 0 N–H and O–H groups in total. The minimum absolute atomic E-state index is 0.0655. The lowest BCUT2D eigenvalue weighted by Crippen LogP contribution is -2.06. The van der Waals surface area contributed by atoms with Gasteiger partial charge in [0.15, 0.2) is 5.78 Å². The highest BCUT2D eigenvalue weighted by molar-refractivity contribution is 9.10. The molecular formula is C16H14BrClO2. The Hall–Kier alpha value is -1.32. The minimum atomic E-state index is -0.0655. The lowest BCUT2D eigenvalue weighted by atomic mass is 10.0. The van der Waals surface area contributed by atoms with E-state index in [4.69, 9.17) is 16.3 Å². The molecule has 104 valence electrons. The molecule has 0 saturated heterocycles. The van der Waals surface area contributed by atoms with Crippen LogP contribution in [0.3, 0.4) is 0 Å². The van der Waals surface area contributed by atoms with Crippen LogP contribution in [0.15, 0.2) is 46.9 Å². The average Bonchev–Trinajstić information content (AvgIpc) is 2.37. The van der Waals surface area contributed by atoms with Crippen molar-refractivity contribution in [2.24, 2.45) is 0 Å². The van der Waals surface area contributed by atoms with E-state index < -0.39 is 0 Å². The zero-order valence-corrected chi connectivity index (χ0v) is 13.5. The number of benzene rings is 2. The predicted molar refractivity (Wildman–Crippen MR) is 84.8 cm³/mol. The first-order valence-electron chi connectivity index (χ1n) is 6.23. The lowest BCUT2D eigenvalue weighted by molar-refractivity contribution is 0.103. The molecule has 0 atom stereocenters. The molecule has 0 aliphatic rings. The average molecular weight is 354 g/mol. The summed E-state index contributed by atoms with van der Waals surface area (Å²) < 4.78 is 6.34. The van der Waals surface area contributed by atoms with Crippen molar-refractivity contribution >= 4 is 33.3 Å². The zero-order valence-electron chi connectivity index (χ0n) is 11.2. The number of rotatable bonds is 4. The van der Waals surface area contributed by atoms with Gasteiger partial charge in [0.2, 0.25) is 0 Å². The summed E-state index contributed by atoms with van der Waals surface area (Å²) in [6, 6.07) is 12.3. The molecule has 2 aromatic rings. The standard InChI is InChI=1S/C16H14BrClO2/c1-10(2)20-15-5-3-11(4-6-15)16(19)12-7-13(17)9-14(18)8-12/h3-10H,1-2H3. The molecule has 0 amide bonds. The first-order valence-corrected chi connectivity index (χ1v) is 7.40. The van der Waals surface area contributed by atoms with Crippen molar-refractivity contribution in [3.63, 3.8) is 0 Å². The summed E-state index contributed by atoms with van der Waals surface area (Å²) in [5, 5.41) is 0.530. The maximum atomic E-state index is 12.4. The van der Waals surface area contributed by atoms with Crippen molar-refractivity contribution < 1.29 is 9.53 Å². The first kappa shape index (κ1) is 15.1. The van der Waals surface area contributed by atoms with Crippen LogP contribution in [0.1, 0.15) is 29.8 Å². The second-order valence-electron chi connectivity index (χ2n) is 4.68. The third-order valence-electron chi connectivity index (χ3n) is 2.61. The topological polar surface area (TPSA) is 26.3 Å². The third kappa shape index (κ3) is 3.84. The molecule has 0 aliphatic heterocycles. The summed E-state index contributed by atoms with van der Waals surface area (Å²) in [5.41, 5.74) is 1.16. The van der Waals surface area contributed by atoms with Crippen molar-refractivity contribution in [1.29, 1.82) is 0 Å². The molecule has 0 bridgehead atoms. The Labute approximate surface area is 131 Å². The predicted octanol–water partition coefficient (Wildman–Crippen LogP) is 5.12. The molecule has 4 heteroatoms. The van der Waals surface area contributed by atoms with E-state index in [0.29, 0.717) is 16.1 Å². The number of carbonyl (C=O) groups is 1. The fourth-order valence-corrected chi connectivity index (χ4v) is 2.67. The molecular weight excluding hydrogens is 340 g/mol. The molecule has 2 rings (SSSR count). The van der Waals surface area contributed by atoms with Crippen molar-refractivity contribution in [3.8, 4) is 5.75 Å². The Morgan fingerprint density at radius 1 is 1.10 bits per heavy atom. The van der Waals surface area contributed by atoms with E-state index in [-0.39, 0.29) is 11.9 Å². The number of carbonyl (C=O) groups excluding carboxylic acids is 1. The first-order chi connectivity index (χ1) is 9.45. The van der Waals surface area contributed by atoms with Crippen molar-refractivity contribution in [2.45, 2.75) is 20.0 Å². The number of hydrogen-bond donors (Lipinski definition) is 0. The third-order valence-corrected chi connectivity index (χ3v) is 3.29. The van der Waals surface area contributed by atoms with Gasteiger partial charge in [-0.3, -0.25) is 4.79 Å². The van der Waals surface area contributed by atoms with Crippen molar-refractivity contribution in [2.75, 3.05) is 0 Å². The SMILES string of the molecule is CC(C)Oc1ccc(C(=O)c2cc(Cl)cc(Br)c2)cc1. The van der Waals surface area contributed by atoms with Gasteiger partial charge in [-0.1, -0.05) is 27.5 Å². The Kier molecular flexibility index (Phi) is 4.84. The van der Waals surface area contributed by atoms with E-state index >= 15 is 0 Å². The quantitative estimate of drug-likeness (QED) is 0.713. The highest BCUT2D eigenvalue weighted by Gasteiger charge is 2.11. The van der Waals surface area contributed by atoms with Gasteiger partial charge >= 0.3 is 0 Å². The molecule has 0 heterocycles. The molecule has 0 aromatic heterocycles. The van der Waals surface area contributed by atoms with Gasteiger partial charge in [-0.25, -0.2) is 0 Å². The number of halogens is 2. The molecule has 2 aromatic carbocycles.